The van der Waals surface area contributed by atoms with Crippen molar-refractivity contribution in [3.8, 4) is 11.5 Å². The molecule has 0 amide bonds. The number of hydrogen-bond acceptors (Lipinski definition) is 5. The number of aryl methyl sites for hydroxylation is 2. The van der Waals surface area contributed by atoms with Crippen LogP contribution < -0.4 is 0 Å². The first kappa shape index (κ1) is 17.4. The first-order chi connectivity index (χ1) is 11.9. The van der Waals surface area contributed by atoms with Crippen molar-refractivity contribution >= 4 is 17.5 Å². The molecule has 1 aromatic heterocycles. The number of halogens is 1. The van der Waals surface area contributed by atoms with Crippen LogP contribution in [-0.2, 0) is 0 Å². The zero-order chi connectivity index (χ0) is 18.0. The molecule has 4 nitrogen and oxygen atoms in total. The number of ketones is 1. The molecule has 0 aliphatic rings. The molecule has 3 rings (SSSR count). The highest BCUT2D eigenvalue weighted by molar-refractivity contribution is 8.00. The van der Waals surface area contributed by atoms with E-state index in [1.807, 2.05) is 39.0 Å². The van der Waals surface area contributed by atoms with E-state index >= 15 is 0 Å². The summed E-state index contributed by atoms with van der Waals surface area (Å²) in [7, 11) is 0. The molecule has 2 aromatic carbocycles. The van der Waals surface area contributed by atoms with Crippen molar-refractivity contribution < 1.29 is 13.6 Å². The van der Waals surface area contributed by atoms with Crippen LogP contribution in [-0.4, -0.2) is 21.2 Å². The molecule has 1 atom stereocenters. The smallest absolute Gasteiger partial charge is 0.277 e. The van der Waals surface area contributed by atoms with E-state index in [1.54, 1.807) is 12.1 Å². The fraction of sp³-hybridized carbons (Fsp3) is 0.211. The highest BCUT2D eigenvalue weighted by Crippen LogP contribution is 2.28. The third-order valence-corrected chi connectivity index (χ3v) is 4.74. The molecule has 0 aliphatic heterocycles. The van der Waals surface area contributed by atoms with E-state index in [0.29, 0.717) is 22.2 Å². The van der Waals surface area contributed by atoms with Crippen molar-refractivity contribution in [3.63, 3.8) is 0 Å². The second-order valence-corrected chi connectivity index (χ2v) is 7.11. The predicted octanol–water partition coefficient (Wildman–Crippen LogP) is 4.86. The van der Waals surface area contributed by atoms with Crippen LogP contribution >= 0.6 is 11.8 Å². The quantitative estimate of drug-likeness (QED) is 0.483. The summed E-state index contributed by atoms with van der Waals surface area (Å²) in [5.41, 5.74) is 3.33. The number of Topliss-reactive ketones (excluding diaryl/α,β-unsaturated/α-hetero) is 1. The van der Waals surface area contributed by atoms with Gasteiger partial charge in [-0.2, -0.15) is 0 Å². The van der Waals surface area contributed by atoms with Gasteiger partial charge in [-0.15, -0.1) is 10.2 Å². The SMILES string of the molecule is Cc1ccc(C)c(C(=O)[C@H](C)Sc2nnc(-c3ccc(F)cc3)o2)c1. The summed E-state index contributed by atoms with van der Waals surface area (Å²) in [4.78, 5) is 12.7. The summed E-state index contributed by atoms with van der Waals surface area (Å²) in [6.07, 6.45) is 0. The number of thioether (sulfide) groups is 1. The van der Waals surface area contributed by atoms with E-state index in [-0.39, 0.29) is 16.9 Å². The van der Waals surface area contributed by atoms with E-state index in [4.69, 9.17) is 4.42 Å². The van der Waals surface area contributed by atoms with Crippen LogP contribution in [0.3, 0.4) is 0 Å². The maximum absolute atomic E-state index is 13.0. The van der Waals surface area contributed by atoms with Gasteiger partial charge in [-0.3, -0.25) is 4.79 Å². The van der Waals surface area contributed by atoms with Gasteiger partial charge < -0.3 is 4.42 Å². The Kier molecular flexibility index (Phi) is 4.99. The van der Waals surface area contributed by atoms with Crippen LogP contribution in [0.1, 0.15) is 28.4 Å². The van der Waals surface area contributed by atoms with Crippen molar-refractivity contribution in [2.45, 2.75) is 31.2 Å². The summed E-state index contributed by atoms with van der Waals surface area (Å²) >= 11 is 1.22. The molecular formula is C19H17FN2O2S. The largest absolute Gasteiger partial charge is 0.411 e. The molecule has 128 valence electrons. The first-order valence-electron chi connectivity index (χ1n) is 7.81. The number of carbonyl (C=O) groups excluding carboxylic acids is 1. The van der Waals surface area contributed by atoms with E-state index in [0.717, 1.165) is 11.1 Å². The number of aromatic nitrogens is 2. The second kappa shape index (κ2) is 7.19. The Morgan fingerprint density at radius 1 is 1.12 bits per heavy atom. The third kappa shape index (κ3) is 3.96. The van der Waals surface area contributed by atoms with E-state index in [1.165, 1.54) is 23.9 Å². The van der Waals surface area contributed by atoms with Gasteiger partial charge in [0.15, 0.2) is 5.78 Å². The number of carbonyl (C=O) groups is 1. The van der Waals surface area contributed by atoms with Crippen molar-refractivity contribution in [1.82, 2.24) is 10.2 Å². The van der Waals surface area contributed by atoms with Crippen molar-refractivity contribution in [3.05, 3.63) is 65.0 Å². The van der Waals surface area contributed by atoms with Crippen LogP contribution in [0.15, 0.2) is 52.1 Å². The maximum Gasteiger partial charge on any atom is 0.277 e. The van der Waals surface area contributed by atoms with Gasteiger partial charge in [-0.1, -0.05) is 29.5 Å². The normalized spacial score (nSPS) is 12.2. The Morgan fingerprint density at radius 3 is 2.56 bits per heavy atom. The van der Waals surface area contributed by atoms with Crippen LogP contribution in [0.4, 0.5) is 4.39 Å². The predicted molar refractivity (Wildman–Crippen MR) is 95.3 cm³/mol. The Labute approximate surface area is 149 Å². The minimum atomic E-state index is -0.359. The number of rotatable bonds is 5. The monoisotopic (exact) mass is 356 g/mol. The summed E-state index contributed by atoms with van der Waals surface area (Å²) in [5.74, 6) is -0.00720. The highest BCUT2D eigenvalue weighted by atomic mass is 32.2. The Bertz CT molecular complexity index is 906. The zero-order valence-corrected chi connectivity index (χ0v) is 14.9. The Balaban J connectivity index is 1.75. The lowest BCUT2D eigenvalue weighted by atomic mass is 10.0. The standard InChI is InChI=1S/C19H17FN2O2S/c1-11-4-5-12(2)16(10-11)17(23)13(3)25-19-22-21-18(24-19)14-6-8-15(20)9-7-14/h4-10,13H,1-3H3/t13-/m0/s1. The zero-order valence-electron chi connectivity index (χ0n) is 14.1. The summed E-state index contributed by atoms with van der Waals surface area (Å²) < 4.78 is 18.6. The molecule has 0 radical (unpaired) electrons. The molecule has 0 aliphatic carbocycles. The minimum absolute atomic E-state index is 0.0210. The minimum Gasteiger partial charge on any atom is -0.411 e. The summed E-state index contributed by atoms with van der Waals surface area (Å²) in [5, 5.41) is 7.88. The molecule has 6 heteroatoms. The average molecular weight is 356 g/mol. The lowest BCUT2D eigenvalue weighted by molar-refractivity contribution is 0.0993. The third-order valence-electron chi connectivity index (χ3n) is 3.80. The van der Waals surface area contributed by atoms with Crippen LogP contribution in [0.25, 0.3) is 11.5 Å². The van der Waals surface area contributed by atoms with Gasteiger partial charge in [0.05, 0.1) is 5.25 Å². The molecule has 0 fully saturated rings. The average Bonchev–Trinajstić information content (AvgIpc) is 3.05. The number of benzene rings is 2. The lowest BCUT2D eigenvalue weighted by Gasteiger charge is -2.10. The Hall–Kier alpha value is -2.47. The Morgan fingerprint density at radius 2 is 1.84 bits per heavy atom. The fourth-order valence-corrected chi connectivity index (χ4v) is 3.14. The number of hydrogen-bond donors (Lipinski definition) is 0. The molecule has 0 bridgehead atoms. The summed E-state index contributed by atoms with van der Waals surface area (Å²) in [6, 6.07) is 11.6. The molecule has 0 unspecified atom stereocenters. The fourth-order valence-electron chi connectivity index (χ4n) is 2.39. The van der Waals surface area contributed by atoms with E-state index < -0.39 is 0 Å². The molecule has 1 heterocycles. The topological polar surface area (TPSA) is 56.0 Å². The second-order valence-electron chi connectivity index (χ2n) is 5.82. The molecule has 0 saturated carbocycles. The summed E-state index contributed by atoms with van der Waals surface area (Å²) in [6.45, 7) is 5.70. The van der Waals surface area contributed by atoms with Gasteiger partial charge in [0.1, 0.15) is 5.82 Å². The van der Waals surface area contributed by atoms with Crippen molar-refractivity contribution in [2.24, 2.45) is 0 Å². The first-order valence-corrected chi connectivity index (χ1v) is 8.69. The van der Waals surface area contributed by atoms with Crippen LogP contribution in [0, 0.1) is 19.7 Å². The number of nitrogens with zero attached hydrogens (tertiary/aromatic N) is 2. The molecular weight excluding hydrogens is 339 g/mol. The molecule has 0 spiro atoms. The van der Waals surface area contributed by atoms with Gasteiger partial charge in [0, 0.05) is 11.1 Å². The van der Waals surface area contributed by atoms with Gasteiger partial charge in [-0.25, -0.2) is 4.39 Å². The van der Waals surface area contributed by atoms with Gasteiger partial charge >= 0.3 is 0 Å². The maximum atomic E-state index is 13.0. The van der Waals surface area contributed by atoms with Gasteiger partial charge in [0.2, 0.25) is 5.89 Å². The molecule has 25 heavy (non-hydrogen) atoms. The van der Waals surface area contributed by atoms with Crippen molar-refractivity contribution in [1.29, 1.82) is 0 Å². The van der Waals surface area contributed by atoms with Gasteiger partial charge in [-0.05, 0) is 56.7 Å². The van der Waals surface area contributed by atoms with Crippen LogP contribution in [0.2, 0.25) is 0 Å². The molecule has 3 aromatic rings. The lowest BCUT2D eigenvalue weighted by Crippen LogP contribution is -2.15. The molecule has 0 N–H and O–H groups in total. The van der Waals surface area contributed by atoms with E-state index in [9.17, 15) is 9.18 Å². The van der Waals surface area contributed by atoms with Crippen molar-refractivity contribution in [2.75, 3.05) is 0 Å². The van der Waals surface area contributed by atoms with Crippen LogP contribution in [0.5, 0.6) is 0 Å². The highest BCUT2D eigenvalue weighted by Gasteiger charge is 2.21. The van der Waals surface area contributed by atoms with E-state index in [2.05, 4.69) is 10.2 Å². The van der Waals surface area contributed by atoms with Gasteiger partial charge in [0.25, 0.3) is 5.22 Å². The molecule has 0 saturated heterocycles.